The Balaban J connectivity index is 2.40. The van der Waals surface area contributed by atoms with Crippen molar-refractivity contribution in [2.75, 3.05) is 46.9 Å². The predicted octanol–water partition coefficient (Wildman–Crippen LogP) is 0.00210. The van der Waals surface area contributed by atoms with Gasteiger partial charge in [0.15, 0.2) is 5.78 Å². The van der Waals surface area contributed by atoms with E-state index < -0.39 is 0 Å². The van der Waals surface area contributed by atoms with Gasteiger partial charge in [0.25, 0.3) is 0 Å². The zero-order valence-corrected chi connectivity index (χ0v) is 10.9. The Morgan fingerprint density at radius 2 is 2.00 bits per heavy atom. The van der Waals surface area contributed by atoms with Crippen LogP contribution in [0, 0.1) is 5.92 Å². The Bertz CT molecular complexity index is 273. The molecule has 1 unspecified atom stereocenters. The summed E-state index contributed by atoms with van der Waals surface area (Å²) < 4.78 is 5.20. The molecule has 1 aliphatic rings. The number of Topliss-reactive ketones (excluding diaryl/α,β-unsaturated/α-hetero) is 1. The molecule has 5 nitrogen and oxygen atoms in total. The lowest BCUT2D eigenvalue weighted by molar-refractivity contribution is -0.131. The number of rotatable bonds is 6. The lowest BCUT2D eigenvalue weighted by Gasteiger charge is -2.22. The van der Waals surface area contributed by atoms with E-state index in [1.165, 1.54) is 0 Å². The molecule has 1 aliphatic heterocycles. The third-order valence-corrected chi connectivity index (χ3v) is 3.07. The first-order valence-corrected chi connectivity index (χ1v) is 6.07. The van der Waals surface area contributed by atoms with Gasteiger partial charge in [0, 0.05) is 26.6 Å². The van der Waals surface area contributed by atoms with Gasteiger partial charge in [0.05, 0.1) is 19.7 Å². The van der Waals surface area contributed by atoms with E-state index in [2.05, 4.69) is 0 Å². The summed E-state index contributed by atoms with van der Waals surface area (Å²) in [7, 11) is 3.45. The van der Waals surface area contributed by atoms with E-state index in [-0.39, 0.29) is 17.6 Å². The summed E-state index contributed by atoms with van der Waals surface area (Å²) >= 11 is 0. The Morgan fingerprint density at radius 1 is 1.29 bits per heavy atom. The maximum Gasteiger partial charge on any atom is 0.236 e. The third-order valence-electron chi connectivity index (χ3n) is 3.07. The number of amides is 1. The van der Waals surface area contributed by atoms with Crippen LogP contribution in [0.25, 0.3) is 0 Å². The van der Waals surface area contributed by atoms with Crippen molar-refractivity contribution in [1.29, 1.82) is 0 Å². The van der Waals surface area contributed by atoms with Gasteiger partial charge in [0.2, 0.25) is 5.91 Å². The number of ether oxygens (including phenoxy) is 1. The molecule has 1 heterocycles. The van der Waals surface area contributed by atoms with Crippen LogP contribution in [0.2, 0.25) is 0 Å². The van der Waals surface area contributed by atoms with E-state index in [0.717, 1.165) is 6.42 Å². The van der Waals surface area contributed by atoms with Crippen molar-refractivity contribution in [3.8, 4) is 0 Å². The lowest BCUT2D eigenvalue weighted by Crippen LogP contribution is -2.40. The van der Waals surface area contributed by atoms with Crippen molar-refractivity contribution in [2.24, 2.45) is 5.92 Å². The fourth-order valence-corrected chi connectivity index (χ4v) is 1.75. The first kappa shape index (κ1) is 14.1. The number of hydrogen-bond donors (Lipinski definition) is 0. The highest BCUT2D eigenvalue weighted by Gasteiger charge is 2.25. The molecule has 0 radical (unpaired) electrons. The van der Waals surface area contributed by atoms with Crippen LogP contribution in [0.4, 0.5) is 0 Å². The van der Waals surface area contributed by atoms with E-state index in [1.807, 2.05) is 11.8 Å². The van der Waals surface area contributed by atoms with Gasteiger partial charge in [-0.3, -0.25) is 14.5 Å². The zero-order valence-electron chi connectivity index (χ0n) is 10.9. The molecule has 0 N–H and O–H groups in total. The van der Waals surface area contributed by atoms with Gasteiger partial charge >= 0.3 is 0 Å². The van der Waals surface area contributed by atoms with Crippen molar-refractivity contribution in [1.82, 2.24) is 9.80 Å². The van der Waals surface area contributed by atoms with E-state index in [4.69, 9.17) is 4.74 Å². The molecule has 17 heavy (non-hydrogen) atoms. The van der Waals surface area contributed by atoms with E-state index in [0.29, 0.717) is 32.8 Å². The molecule has 1 fully saturated rings. The van der Waals surface area contributed by atoms with E-state index in [1.54, 1.807) is 19.0 Å². The van der Waals surface area contributed by atoms with Crippen LogP contribution in [0.1, 0.15) is 13.3 Å². The van der Waals surface area contributed by atoms with Crippen molar-refractivity contribution >= 4 is 11.7 Å². The Kier molecular flexibility index (Phi) is 5.58. The fraction of sp³-hybridized carbons (Fsp3) is 0.833. The van der Waals surface area contributed by atoms with Gasteiger partial charge < -0.3 is 9.64 Å². The summed E-state index contributed by atoms with van der Waals surface area (Å²) in [4.78, 5) is 26.9. The molecule has 1 amide bonds. The quantitative estimate of drug-likeness (QED) is 0.658. The molecular weight excluding hydrogens is 220 g/mol. The SMILES string of the molecule is CCN(CC(=O)C1CCOC1)CC(=O)N(C)C. The number of hydrogen-bond acceptors (Lipinski definition) is 4. The maximum atomic E-state index is 11.9. The summed E-state index contributed by atoms with van der Waals surface area (Å²) in [6.07, 6.45) is 0.817. The normalized spacial score (nSPS) is 19.6. The molecule has 1 rings (SSSR count). The van der Waals surface area contributed by atoms with Gasteiger partial charge in [0.1, 0.15) is 0 Å². The van der Waals surface area contributed by atoms with Crippen molar-refractivity contribution in [3.63, 3.8) is 0 Å². The summed E-state index contributed by atoms with van der Waals surface area (Å²) in [5.74, 6) is 0.247. The van der Waals surface area contributed by atoms with Crippen LogP contribution in [0.5, 0.6) is 0 Å². The molecule has 0 aliphatic carbocycles. The largest absolute Gasteiger partial charge is 0.381 e. The second-order valence-electron chi connectivity index (χ2n) is 4.62. The van der Waals surface area contributed by atoms with E-state index >= 15 is 0 Å². The zero-order chi connectivity index (χ0) is 12.8. The number of nitrogens with zero attached hydrogens (tertiary/aromatic N) is 2. The fourth-order valence-electron chi connectivity index (χ4n) is 1.75. The van der Waals surface area contributed by atoms with Crippen molar-refractivity contribution < 1.29 is 14.3 Å². The molecule has 0 aromatic heterocycles. The minimum absolute atomic E-state index is 0.0264. The summed E-state index contributed by atoms with van der Waals surface area (Å²) in [6, 6.07) is 0. The molecule has 0 aromatic rings. The topological polar surface area (TPSA) is 49.9 Å². The smallest absolute Gasteiger partial charge is 0.236 e. The summed E-state index contributed by atoms with van der Waals surface area (Å²) in [5, 5.41) is 0. The second kappa shape index (κ2) is 6.71. The molecular formula is C12H22N2O3. The van der Waals surface area contributed by atoms with Crippen LogP contribution in [-0.4, -0.2) is 68.4 Å². The molecule has 0 saturated carbocycles. The van der Waals surface area contributed by atoms with Gasteiger partial charge in [-0.25, -0.2) is 0 Å². The maximum absolute atomic E-state index is 11.9. The van der Waals surface area contributed by atoms with Gasteiger partial charge in [-0.1, -0.05) is 6.92 Å². The van der Waals surface area contributed by atoms with Gasteiger partial charge in [-0.2, -0.15) is 0 Å². The van der Waals surface area contributed by atoms with Crippen molar-refractivity contribution in [3.05, 3.63) is 0 Å². The Labute approximate surface area is 103 Å². The monoisotopic (exact) mass is 242 g/mol. The summed E-state index contributed by atoms with van der Waals surface area (Å²) in [6.45, 7) is 4.55. The standard InChI is InChI=1S/C12H22N2O3/c1-4-14(8-12(16)13(2)3)7-11(15)10-5-6-17-9-10/h10H,4-9H2,1-3H3. The van der Waals surface area contributed by atoms with Crippen LogP contribution in [0.15, 0.2) is 0 Å². The number of likely N-dealkylation sites (N-methyl/N-ethyl adjacent to an activating group) is 2. The van der Waals surface area contributed by atoms with Gasteiger partial charge in [-0.15, -0.1) is 0 Å². The average Bonchev–Trinajstić information content (AvgIpc) is 2.81. The average molecular weight is 242 g/mol. The summed E-state index contributed by atoms with van der Waals surface area (Å²) in [5.41, 5.74) is 0. The number of carbonyl (C=O) groups is 2. The molecule has 1 atom stereocenters. The van der Waals surface area contributed by atoms with Crippen LogP contribution >= 0.6 is 0 Å². The first-order valence-electron chi connectivity index (χ1n) is 6.07. The second-order valence-corrected chi connectivity index (χ2v) is 4.62. The minimum atomic E-state index is 0.0264. The van der Waals surface area contributed by atoms with E-state index in [9.17, 15) is 9.59 Å². The highest BCUT2D eigenvalue weighted by atomic mass is 16.5. The molecule has 0 aromatic carbocycles. The minimum Gasteiger partial charge on any atom is -0.381 e. The van der Waals surface area contributed by atoms with Crippen LogP contribution in [-0.2, 0) is 14.3 Å². The lowest BCUT2D eigenvalue weighted by atomic mass is 10.0. The Morgan fingerprint density at radius 3 is 2.47 bits per heavy atom. The molecule has 0 bridgehead atoms. The molecule has 1 saturated heterocycles. The first-order chi connectivity index (χ1) is 8.04. The highest BCUT2D eigenvalue weighted by Crippen LogP contribution is 2.13. The van der Waals surface area contributed by atoms with Gasteiger partial charge in [-0.05, 0) is 13.0 Å². The highest BCUT2D eigenvalue weighted by molar-refractivity contribution is 5.84. The predicted molar refractivity (Wildman–Crippen MR) is 64.7 cm³/mol. The number of ketones is 1. The molecule has 5 heteroatoms. The van der Waals surface area contributed by atoms with Crippen LogP contribution in [0.3, 0.4) is 0 Å². The Hall–Kier alpha value is -0.940. The van der Waals surface area contributed by atoms with Crippen LogP contribution < -0.4 is 0 Å². The molecule has 0 spiro atoms. The number of carbonyl (C=O) groups excluding carboxylic acids is 2. The molecule has 98 valence electrons. The van der Waals surface area contributed by atoms with Crippen molar-refractivity contribution in [2.45, 2.75) is 13.3 Å². The third kappa shape index (κ3) is 4.44.